The molecule has 21 heavy (non-hydrogen) atoms. The summed E-state index contributed by atoms with van der Waals surface area (Å²) in [6.45, 7) is 2.06. The van der Waals surface area contributed by atoms with Crippen molar-refractivity contribution in [1.29, 1.82) is 0 Å². The van der Waals surface area contributed by atoms with E-state index in [0.29, 0.717) is 11.1 Å². The van der Waals surface area contributed by atoms with E-state index in [1.165, 1.54) is 0 Å². The molecule has 0 amide bonds. The van der Waals surface area contributed by atoms with Crippen molar-refractivity contribution < 1.29 is 4.74 Å². The van der Waals surface area contributed by atoms with E-state index in [4.69, 9.17) is 22.2 Å². The third kappa shape index (κ3) is 3.38. The standard InChI is InChI=1S/C17H19ClN2O/c1-11-5-6-13(18)10-16(11)17(20-19)12-3-2-4-15(9-12)21-14-7-8-14/h2-6,9-10,14,17,20H,7-8,19H2,1H3. The lowest BCUT2D eigenvalue weighted by Crippen LogP contribution is -2.29. The maximum Gasteiger partial charge on any atom is 0.120 e. The fourth-order valence-corrected chi connectivity index (χ4v) is 2.61. The monoisotopic (exact) mass is 302 g/mol. The smallest absolute Gasteiger partial charge is 0.120 e. The molecule has 110 valence electrons. The molecule has 2 aromatic carbocycles. The summed E-state index contributed by atoms with van der Waals surface area (Å²) in [6, 6.07) is 13.8. The van der Waals surface area contributed by atoms with Gasteiger partial charge in [-0.2, -0.15) is 0 Å². The summed E-state index contributed by atoms with van der Waals surface area (Å²) in [6.07, 6.45) is 2.68. The summed E-state index contributed by atoms with van der Waals surface area (Å²) in [5.74, 6) is 6.68. The Hall–Kier alpha value is -1.55. The second-order valence-corrected chi connectivity index (χ2v) is 5.93. The Morgan fingerprint density at radius 1 is 1.24 bits per heavy atom. The molecule has 1 atom stereocenters. The molecular weight excluding hydrogens is 284 g/mol. The number of hydrazine groups is 1. The molecule has 0 spiro atoms. The van der Waals surface area contributed by atoms with Crippen molar-refractivity contribution in [2.45, 2.75) is 31.9 Å². The molecule has 1 aliphatic carbocycles. The molecule has 0 saturated heterocycles. The van der Waals surface area contributed by atoms with E-state index in [1.807, 2.05) is 42.5 Å². The summed E-state index contributed by atoms with van der Waals surface area (Å²) >= 11 is 6.12. The van der Waals surface area contributed by atoms with Crippen molar-refractivity contribution in [3.63, 3.8) is 0 Å². The summed E-state index contributed by atoms with van der Waals surface area (Å²) in [7, 11) is 0. The number of halogens is 1. The molecule has 2 aromatic rings. The first-order valence-corrected chi connectivity index (χ1v) is 7.54. The van der Waals surface area contributed by atoms with Crippen LogP contribution < -0.4 is 16.0 Å². The molecule has 0 aliphatic heterocycles. The molecule has 0 aromatic heterocycles. The normalized spacial score (nSPS) is 15.8. The quantitative estimate of drug-likeness (QED) is 0.653. The molecule has 3 nitrogen and oxygen atoms in total. The van der Waals surface area contributed by atoms with E-state index < -0.39 is 0 Å². The Kier molecular flexibility index (Phi) is 4.15. The lowest BCUT2D eigenvalue weighted by atomic mass is 9.95. The zero-order valence-electron chi connectivity index (χ0n) is 12.0. The summed E-state index contributed by atoms with van der Waals surface area (Å²) in [4.78, 5) is 0. The topological polar surface area (TPSA) is 47.3 Å². The van der Waals surface area contributed by atoms with Gasteiger partial charge in [0.2, 0.25) is 0 Å². The maximum atomic E-state index is 6.12. The van der Waals surface area contributed by atoms with Gasteiger partial charge in [0.15, 0.2) is 0 Å². The third-order valence-corrected chi connectivity index (χ3v) is 3.97. The Morgan fingerprint density at radius 3 is 2.76 bits per heavy atom. The predicted molar refractivity (Wildman–Crippen MR) is 85.4 cm³/mol. The van der Waals surface area contributed by atoms with Gasteiger partial charge in [-0.15, -0.1) is 0 Å². The predicted octanol–water partition coefficient (Wildman–Crippen LogP) is 3.74. The Labute approximate surface area is 130 Å². The van der Waals surface area contributed by atoms with Gasteiger partial charge in [-0.05, 0) is 60.7 Å². The van der Waals surface area contributed by atoms with Crippen LogP contribution in [0.2, 0.25) is 5.02 Å². The van der Waals surface area contributed by atoms with Gasteiger partial charge in [0.25, 0.3) is 0 Å². The first kappa shape index (κ1) is 14.4. The highest BCUT2D eigenvalue weighted by Crippen LogP contribution is 2.31. The highest BCUT2D eigenvalue weighted by molar-refractivity contribution is 6.30. The maximum absolute atomic E-state index is 6.12. The van der Waals surface area contributed by atoms with Gasteiger partial charge in [-0.3, -0.25) is 5.84 Å². The zero-order valence-corrected chi connectivity index (χ0v) is 12.7. The number of rotatable bonds is 5. The Balaban J connectivity index is 1.93. The van der Waals surface area contributed by atoms with Crippen LogP contribution in [0.5, 0.6) is 5.75 Å². The van der Waals surface area contributed by atoms with E-state index in [2.05, 4.69) is 12.3 Å². The van der Waals surface area contributed by atoms with Crippen molar-refractivity contribution >= 4 is 11.6 Å². The van der Waals surface area contributed by atoms with Gasteiger partial charge in [0.05, 0.1) is 12.1 Å². The van der Waals surface area contributed by atoms with E-state index in [-0.39, 0.29) is 6.04 Å². The SMILES string of the molecule is Cc1ccc(Cl)cc1C(NN)c1cccc(OC2CC2)c1. The van der Waals surface area contributed by atoms with Crippen molar-refractivity contribution in [2.24, 2.45) is 5.84 Å². The first-order chi connectivity index (χ1) is 10.2. The van der Waals surface area contributed by atoms with Gasteiger partial charge in [-0.1, -0.05) is 29.8 Å². The highest BCUT2D eigenvalue weighted by atomic mass is 35.5. The summed E-state index contributed by atoms with van der Waals surface area (Å²) < 4.78 is 5.86. The first-order valence-electron chi connectivity index (χ1n) is 7.16. The molecule has 3 N–H and O–H groups in total. The lowest BCUT2D eigenvalue weighted by molar-refractivity contribution is 0.302. The lowest BCUT2D eigenvalue weighted by Gasteiger charge is -2.20. The Morgan fingerprint density at radius 2 is 2.05 bits per heavy atom. The molecule has 0 heterocycles. The van der Waals surface area contributed by atoms with Crippen molar-refractivity contribution in [3.8, 4) is 5.75 Å². The van der Waals surface area contributed by atoms with Crippen LogP contribution in [-0.2, 0) is 0 Å². The minimum absolute atomic E-state index is 0.105. The largest absolute Gasteiger partial charge is 0.490 e. The average molecular weight is 303 g/mol. The van der Waals surface area contributed by atoms with E-state index >= 15 is 0 Å². The van der Waals surface area contributed by atoms with Crippen LogP contribution in [0.25, 0.3) is 0 Å². The van der Waals surface area contributed by atoms with Gasteiger partial charge in [0, 0.05) is 5.02 Å². The van der Waals surface area contributed by atoms with Crippen LogP contribution >= 0.6 is 11.6 Å². The number of nitrogens with two attached hydrogens (primary N) is 1. The Bertz CT molecular complexity index is 640. The number of hydrogen-bond acceptors (Lipinski definition) is 3. The molecule has 0 radical (unpaired) electrons. The minimum Gasteiger partial charge on any atom is -0.490 e. The highest BCUT2D eigenvalue weighted by Gasteiger charge is 2.24. The van der Waals surface area contributed by atoms with Crippen LogP contribution in [0.1, 0.15) is 35.6 Å². The third-order valence-electron chi connectivity index (χ3n) is 3.74. The van der Waals surface area contributed by atoms with Crippen LogP contribution in [0.3, 0.4) is 0 Å². The molecule has 1 unspecified atom stereocenters. The van der Waals surface area contributed by atoms with Crippen LogP contribution in [0.4, 0.5) is 0 Å². The molecule has 1 aliphatic rings. The summed E-state index contributed by atoms with van der Waals surface area (Å²) in [5, 5.41) is 0.709. The van der Waals surface area contributed by atoms with Crippen molar-refractivity contribution in [3.05, 3.63) is 64.2 Å². The molecule has 4 heteroatoms. The van der Waals surface area contributed by atoms with E-state index in [1.54, 1.807) is 0 Å². The number of benzene rings is 2. The number of nitrogens with one attached hydrogen (secondary N) is 1. The van der Waals surface area contributed by atoms with Gasteiger partial charge < -0.3 is 4.74 Å². The fourth-order valence-electron chi connectivity index (χ4n) is 2.43. The van der Waals surface area contributed by atoms with Crippen molar-refractivity contribution in [2.75, 3.05) is 0 Å². The van der Waals surface area contributed by atoms with Gasteiger partial charge >= 0.3 is 0 Å². The second-order valence-electron chi connectivity index (χ2n) is 5.49. The zero-order chi connectivity index (χ0) is 14.8. The number of aryl methyl sites for hydroxylation is 1. The van der Waals surface area contributed by atoms with Crippen LogP contribution in [0.15, 0.2) is 42.5 Å². The molecule has 1 saturated carbocycles. The average Bonchev–Trinajstić information content (AvgIpc) is 3.28. The van der Waals surface area contributed by atoms with E-state index in [9.17, 15) is 0 Å². The van der Waals surface area contributed by atoms with Gasteiger partial charge in [0.1, 0.15) is 5.75 Å². The number of ether oxygens (including phenoxy) is 1. The summed E-state index contributed by atoms with van der Waals surface area (Å²) in [5.41, 5.74) is 6.18. The second kappa shape index (κ2) is 6.06. The van der Waals surface area contributed by atoms with E-state index in [0.717, 1.165) is 35.3 Å². The van der Waals surface area contributed by atoms with Gasteiger partial charge in [-0.25, -0.2) is 5.43 Å². The van der Waals surface area contributed by atoms with Crippen LogP contribution in [0, 0.1) is 6.92 Å². The number of hydrogen-bond donors (Lipinski definition) is 2. The molecule has 0 bridgehead atoms. The van der Waals surface area contributed by atoms with Crippen LogP contribution in [-0.4, -0.2) is 6.10 Å². The molecule has 3 rings (SSSR count). The fraction of sp³-hybridized carbons (Fsp3) is 0.294. The van der Waals surface area contributed by atoms with Crippen molar-refractivity contribution in [1.82, 2.24) is 5.43 Å². The minimum atomic E-state index is -0.105. The molecule has 1 fully saturated rings. The molecular formula is C17H19ClN2O.